The van der Waals surface area contributed by atoms with Crippen LogP contribution in [0, 0.1) is 5.92 Å². The first-order valence-corrected chi connectivity index (χ1v) is 8.63. The normalized spacial score (nSPS) is 18.8. The van der Waals surface area contributed by atoms with E-state index in [0.29, 0.717) is 11.9 Å². The van der Waals surface area contributed by atoms with Gasteiger partial charge in [0.2, 0.25) is 0 Å². The number of hydrogen-bond acceptors (Lipinski definition) is 3. The third-order valence-electron chi connectivity index (χ3n) is 4.35. The van der Waals surface area contributed by atoms with E-state index in [-0.39, 0.29) is 0 Å². The molecule has 1 aromatic carbocycles. The topological polar surface area (TPSA) is 56.9 Å². The summed E-state index contributed by atoms with van der Waals surface area (Å²) in [6.07, 6.45) is 1.02. The lowest BCUT2D eigenvalue weighted by atomic mass is 10.1. The molecule has 23 heavy (non-hydrogen) atoms. The minimum Gasteiger partial charge on any atom is -0.370 e. The summed E-state index contributed by atoms with van der Waals surface area (Å²) in [5, 5.41) is 3.19. The molecule has 2 rings (SSSR count). The summed E-state index contributed by atoms with van der Waals surface area (Å²) in [4.78, 5) is 9.40. The predicted octanol–water partition coefficient (Wildman–Crippen LogP) is 1.86. The minimum absolute atomic E-state index is 0.503. The first-order valence-electron chi connectivity index (χ1n) is 8.63. The van der Waals surface area contributed by atoms with E-state index < -0.39 is 0 Å². The van der Waals surface area contributed by atoms with Crippen molar-refractivity contribution in [1.29, 1.82) is 0 Å². The van der Waals surface area contributed by atoms with Crippen molar-refractivity contribution in [1.82, 2.24) is 9.80 Å². The molecular formula is C18H31N5. The van der Waals surface area contributed by atoms with Gasteiger partial charge in [0, 0.05) is 45.0 Å². The van der Waals surface area contributed by atoms with Crippen LogP contribution >= 0.6 is 0 Å². The average molecular weight is 317 g/mol. The summed E-state index contributed by atoms with van der Waals surface area (Å²) in [7, 11) is 2.19. The van der Waals surface area contributed by atoms with E-state index in [1.807, 2.05) is 12.1 Å². The van der Waals surface area contributed by atoms with Gasteiger partial charge in [-0.05, 0) is 37.1 Å². The van der Waals surface area contributed by atoms with Gasteiger partial charge in [0.05, 0.1) is 0 Å². The van der Waals surface area contributed by atoms with Crippen molar-refractivity contribution in [3.05, 3.63) is 29.8 Å². The van der Waals surface area contributed by atoms with Crippen molar-refractivity contribution in [2.75, 3.05) is 51.6 Å². The Balaban J connectivity index is 1.77. The van der Waals surface area contributed by atoms with Crippen molar-refractivity contribution in [3.63, 3.8) is 0 Å². The van der Waals surface area contributed by atoms with E-state index >= 15 is 0 Å². The number of aliphatic imine (C=N–C) groups is 1. The quantitative estimate of drug-likeness (QED) is 0.621. The highest BCUT2D eigenvalue weighted by Gasteiger charge is 2.15. The number of benzene rings is 1. The van der Waals surface area contributed by atoms with E-state index in [2.05, 4.69) is 53.1 Å². The Hall–Kier alpha value is -1.59. The van der Waals surface area contributed by atoms with E-state index in [1.54, 1.807) is 0 Å². The third-order valence-corrected chi connectivity index (χ3v) is 4.35. The molecule has 1 aliphatic heterocycles. The highest BCUT2D eigenvalue weighted by Crippen LogP contribution is 2.11. The molecular weight excluding hydrogens is 286 g/mol. The van der Waals surface area contributed by atoms with Crippen LogP contribution in [0.15, 0.2) is 29.3 Å². The molecule has 0 saturated carbocycles. The maximum absolute atomic E-state index is 6.02. The van der Waals surface area contributed by atoms with Gasteiger partial charge >= 0.3 is 0 Å². The summed E-state index contributed by atoms with van der Waals surface area (Å²) in [6.45, 7) is 10.9. The molecule has 0 spiro atoms. The maximum atomic E-state index is 6.02. The second-order valence-corrected chi connectivity index (χ2v) is 6.61. The largest absolute Gasteiger partial charge is 0.370 e. The Bertz CT molecular complexity index is 506. The first-order chi connectivity index (χ1) is 11.1. The monoisotopic (exact) mass is 317 g/mol. The van der Waals surface area contributed by atoms with Gasteiger partial charge in [0.25, 0.3) is 0 Å². The second-order valence-electron chi connectivity index (χ2n) is 6.61. The van der Waals surface area contributed by atoms with Crippen molar-refractivity contribution in [2.45, 2.75) is 20.3 Å². The Labute approximate surface area is 140 Å². The Morgan fingerprint density at radius 1 is 1.30 bits per heavy atom. The molecule has 1 atom stereocenters. The maximum Gasteiger partial charge on any atom is 0.193 e. The van der Waals surface area contributed by atoms with Gasteiger partial charge in [-0.25, -0.2) is 0 Å². The SMILES string of the molecule is CCc1cccc(NC(N)=NCC(C)CN2CCN(C)CC2)c1. The van der Waals surface area contributed by atoms with E-state index in [9.17, 15) is 0 Å². The van der Waals surface area contributed by atoms with Crippen LogP contribution in [0.3, 0.4) is 0 Å². The predicted molar refractivity (Wildman–Crippen MR) is 99.0 cm³/mol. The van der Waals surface area contributed by atoms with Crippen LogP contribution in [0.5, 0.6) is 0 Å². The lowest BCUT2D eigenvalue weighted by Crippen LogP contribution is -2.46. The van der Waals surface area contributed by atoms with Crippen LogP contribution in [0.1, 0.15) is 19.4 Å². The molecule has 0 aliphatic carbocycles. The Morgan fingerprint density at radius 3 is 2.74 bits per heavy atom. The second kappa shape index (κ2) is 8.89. The third kappa shape index (κ3) is 6.20. The molecule has 0 bridgehead atoms. The molecule has 5 heteroatoms. The molecule has 0 amide bonds. The van der Waals surface area contributed by atoms with Crippen molar-refractivity contribution >= 4 is 11.6 Å². The van der Waals surface area contributed by atoms with Crippen LogP contribution in [0.4, 0.5) is 5.69 Å². The summed E-state index contributed by atoms with van der Waals surface area (Å²) >= 11 is 0. The fourth-order valence-corrected chi connectivity index (χ4v) is 2.84. The number of rotatable bonds is 6. The average Bonchev–Trinajstić information content (AvgIpc) is 2.55. The van der Waals surface area contributed by atoms with Crippen LogP contribution in [-0.2, 0) is 6.42 Å². The van der Waals surface area contributed by atoms with Gasteiger partial charge in [-0.2, -0.15) is 0 Å². The number of guanidine groups is 1. The highest BCUT2D eigenvalue weighted by molar-refractivity contribution is 5.92. The molecule has 1 heterocycles. The summed E-state index contributed by atoms with van der Waals surface area (Å²) in [6, 6.07) is 8.31. The number of piperazine rings is 1. The number of nitrogens with one attached hydrogen (secondary N) is 1. The smallest absolute Gasteiger partial charge is 0.193 e. The minimum atomic E-state index is 0.503. The fraction of sp³-hybridized carbons (Fsp3) is 0.611. The fourth-order valence-electron chi connectivity index (χ4n) is 2.84. The number of hydrogen-bond donors (Lipinski definition) is 2. The van der Waals surface area contributed by atoms with Gasteiger partial charge in [-0.1, -0.05) is 26.0 Å². The van der Waals surface area contributed by atoms with E-state index in [0.717, 1.165) is 51.4 Å². The summed E-state index contributed by atoms with van der Waals surface area (Å²) < 4.78 is 0. The molecule has 1 aliphatic rings. The van der Waals surface area contributed by atoms with Crippen molar-refractivity contribution in [3.8, 4) is 0 Å². The number of anilines is 1. The van der Waals surface area contributed by atoms with Gasteiger partial charge in [-0.15, -0.1) is 0 Å². The lowest BCUT2D eigenvalue weighted by molar-refractivity contribution is 0.140. The Kier molecular flexibility index (Phi) is 6.86. The molecule has 0 radical (unpaired) electrons. The van der Waals surface area contributed by atoms with Crippen LogP contribution in [0.25, 0.3) is 0 Å². The van der Waals surface area contributed by atoms with Crippen LogP contribution < -0.4 is 11.1 Å². The van der Waals surface area contributed by atoms with E-state index in [4.69, 9.17) is 5.73 Å². The van der Waals surface area contributed by atoms with Crippen molar-refractivity contribution in [2.24, 2.45) is 16.6 Å². The zero-order valence-corrected chi connectivity index (χ0v) is 14.8. The van der Waals surface area contributed by atoms with Gasteiger partial charge in [-0.3, -0.25) is 4.99 Å². The molecule has 5 nitrogen and oxygen atoms in total. The number of likely N-dealkylation sites (N-methyl/N-ethyl adjacent to an activating group) is 1. The zero-order chi connectivity index (χ0) is 16.7. The van der Waals surface area contributed by atoms with Gasteiger partial charge in [0.15, 0.2) is 5.96 Å². The summed E-state index contributed by atoms with van der Waals surface area (Å²) in [5.74, 6) is 1.02. The van der Waals surface area contributed by atoms with Crippen LogP contribution in [0.2, 0.25) is 0 Å². The van der Waals surface area contributed by atoms with Crippen LogP contribution in [-0.4, -0.2) is 62.1 Å². The standard InChI is InChI=1S/C18H31N5/c1-4-16-6-5-7-17(12-16)21-18(19)20-13-15(2)14-23-10-8-22(3)9-11-23/h5-7,12,15H,4,8-11,13-14H2,1-3H3,(H3,19,20,21). The molecule has 128 valence electrons. The molecule has 3 N–H and O–H groups in total. The molecule has 0 aromatic heterocycles. The molecule has 1 saturated heterocycles. The van der Waals surface area contributed by atoms with Crippen molar-refractivity contribution < 1.29 is 0 Å². The summed E-state index contributed by atoms with van der Waals surface area (Å²) in [5.41, 5.74) is 8.32. The zero-order valence-electron chi connectivity index (χ0n) is 14.8. The highest BCUT2D eigenvalue weighted by atomic mass is 15.2. The van der Waals surface area contributed by atoms with E-state index in [1.165, 1.54) is 5.56 Å². The number of aryl methyl sites for hydroxylation is 1. The Morgan fingerprint density at radius 2 is 2.04 bits per heavy atom. The lowest BCUT2D eigenvalue weighted by Gasteiger charge is -2.33. The molecule has 1 unspecified atom stereocenters. The van der Waals surface area contributed by atoms with Gasteiger partial charge in [0.1, 0.15) is 0 Å². The number of nitrogens with two attached hydrogens (primary N) is 1. The molecule has 1 aromatic rings. The van der Waals surface area contributed by atoms with Gasteiger partial charge < -0.3 is 20.9 Å². The molecule has 1 fully saturated rings. The number of nitrogens with zero attached hydrogens (tertiary/aromatic N) is 3. The first kappa shape index (κ1) is 17.8.